The van der Waals surface area contributed by atoms with Gasteiger partial charge in [0.25, 0.3) is 0 Å². The van der Waals surface area contributed by atoms with Crippen molar-refractivity contribution in [3.05, 3.63) is 46.8 Å². The topological polar surface area (TPSA) is 12.0 Å². The Morgan fingerprint density at radius 3 is 2.87 bits per heavy atom. The summed E-state index contributed by atoms with van der Waals surface area (Å²) in [5.74, 6) is -0.182. The molecule has 15 heavy (non-hydrogen) atoms. The van der Waals surface area contributed by atoms with E-state index >= 15 is 0 Å². The Bertz CT molecular complexity index is 349. The van der Waals surface area contributed by atoms with E-state index in [0.29, 0.717) is 11.6 Å². The molecule has 1 aromatic carbocycles. The normalized spacial score (nSPS) is 10.3. The van der Waals surface area contributed by atoms with Gasteiger partial charge in [0.1, 0.15) is 5.82 Å². The summed E-state index contributed by atoms with van der Waals surface area (Å²) in [6.07, 6.45) is 0.871. The molecule has 0 aliphatic heterocycles. The van der Waals surface area contributed by atoms with Gasteiger partial charge in [-0.1, -0.05) is 24.2 Å². The maximum atomic E-state index is 12.8. The fraction of sp³-hybridized carbons (Fsp3) is 0.333. The minimum atomic E-state index is -0.182. The van der Waals surface area contributed by atoms with Gasteiger partial charge in [0.15, 0.2) is 0 Å². The van der Waals surface area contributed by atoms with E-state index in [1.807, 2.05) is 13.0 Å². The molecule has 0 saturated carbocycles. The van der Waals surface area contributed by atoms with Crippen LogP contribution in [-0.4, -0.2) is 13.1 Å². The van der Waals surface area contributed by atoms with Crippen LogP contribution in [0.2, 0.25) is 0 Å². The van der Waals surface area contributed by atoms with Crippen LogP contribution in [0.4, 0.5) is 4.39 Å². The van der Waals surface area contributed by atoms with Crippen molar-refractivity contribution in [3.63, 3.8) is 0 Å². The zero-order chi connectivity index (χ0) is 11.3. The van der Waals surface area contributed by atoms with Crippen molar-refractivity contribution in [3.8, 4) is 0 Å². The number of halogens is 2. The van der Waals surface area contributed by atoms with E-state index in [0.717, 1.165) is 24.1 Å². The van der Waals surface area contributed by atoms with Crippen molar-refractivity contribution in [2.45, 2.75) is 13.3 Å². The summed E-state index contributed by atoms with van der Waals surface area (Å²) in [7, 11) is 0. The lowest BCUT2D eigenvalue weighted by atomic mass is 10.1. The van der Waals surface area contributed by atoms with Crippen LogP contribution in [0.15, 0.2) is 29.8 Å². The molecular weight excluding hydrogens is 213 g/mol. The van der Waals surface area contributed by atoms with Crippen molar-refractivity contribution >= 4 is 11.6 Å². The van der Waals surface area contributed by atoms with Crippen molar-refractivity contribution < 1.29 is 4.39 Å². The maximum absolute atomic E-state index is 12.8. The molecule has 0 heterocycles. The van der Waals surface area contributed by atoms with E-state index in [9.17, 15) is 4.39 Å². The van der Waals surface area contributed by atoms with Crippen LogP contribution >= 0.6 is 11.6 Å². The highest BCUT2D eigenvalue weighted by atomic mass is 35.5. The van der Waals surface area contributed by atoms with E-state index < -0.39 is 0 Å². The second-order valence-corrected chi connectivity index (χ2v) is 4.05. The fourth-order valence-corrected chi connectivity index (χ4v) is 1.48. The zero-order valence-corrected chi connectivity index (χ0v) is 9.57. The largest absolute Gasteiger partial charge is 0.311 e. The third-order valence-corrected chi connectivity index (χ3v) is 2.33. The van der Waals surface area contributed by atoms with Gasteiger partial charge in [0.2, 0.25) is 0 Å². The minimum absolute atomic E-state index is 0.182. The predicted molar refractivity (Wildman–Crippen MR) is 62.7 cm³/mol. The molecule has 82 valence electrons. The Hall–Kier alpha value is -0.860. The van der Waals surface area contributed by atoms with E-state index in [1.165, 1.54) is 6.07 Å². The first-order valence-corrected chi connectivity index (χ1v) is 5.26. The number of nitrogens with one attached hydrogen (secondary N) is 1. The first kappa shape index (κ1) is 12.2. The summed E-state index contributed by atoms with van der Waals surface area (Å²) in [5.41, 5.74) is 2.14. The SMILES string of the molecule is C=C(Cl)CNCCc1ccc(F)cc1C. The van der Waals surface area contributed by atoms with Gasteiger partial charge < -0.3 is 5.32 Å². The monoisotopic (exact) mass is 227 g/mol. The van der Waals surface area contributed by atoms with Gasteiger partial charge in [-0.3, -0.25) is 0 Å². The van der Waals surface area contributed by atoms with Crippen LogP contribution in [0.3, 0.4) is 0 Å². The third kappa shape index (κ3) is 4.45. The van der Waals surface area contributed by atoms with Gasteiger partial charge in [-0.25, -0.2) is 4.39 Å². The van der Waals surface area contributed by atoms with Gasteiger partial charge in [-0.05, 0) is 43.1 Å². The Morgan fingerprint density at radius 2 is 2.27 bits per heavy atom. The van der Waals surface area contributed by atoms with Crippen molar-refractivity contribution in [1.82, 2.24) is 5.32 Å². The molecule has 0 radical (unpaired) electrons. The number of aryl methyl sites for hydroxylation is 1. The standard InChI is InChI=1S/C12H15ClFN/c1-9-7-12(14)4-3-11(9)5-6-15-8-10(2)13/h3-4,7,15H,2,5-6,8H2,1H3. The van der Waals surface area contributed by atoms with Gasteiger partial charge in [0, 0.05) is 11.6 Å². The molecule has 1 N–H and O–H groups in total. The highest BCUT2D eigenvalue weighted by molar-refractivity contribution is 6.29. The van der Waals surface area contributed by atoms with Crippen LogP contribution in [0.5, 0.6) is 0 Å². The van der Waals surface area contributed by atoms with E-state index in [1.54, 1.807) is 6.07 Å². The van der Waals surface area contributed by atoms with Crippen LogP contribution in [0.1, 0.15) is 11.1 Å². The zero-order valence-electron chi connectivity index (χ0n) is 8.82. The molecule has 0 saturated heterocycles. The van der Waals surface area contributed by atoms with E-state index in [2.05, 4.69) is 11.9 Å². The molecule has 1 aromatic rings. The Kier molecular flexibility index (Phi) is 4.79. The number of hydrogen-bond acceptors (Lipinski definition) is 1. The lowest BCUT2D eigenvalue weighted by molar-refractivity contribution is 0.625. The van der Waals surface area contributed by atoms with Crippen LogP contribution < -0.4 is 5.32 Å². The summed E-state index contributed by atoms with van der Waals surface area (Å²) in [4.78, 5) is 0. The number of benzene rings is 1. The van der Waals surface area contributed by atoms with E-state index in [-0.39, 0.29) is 5.82 Å². The smallest absolute Gasteiger partial charge is 0.123 e. The molecule has 0 fully saturated rings. The van der Waals surface area contributed by atoms with Gasteiger partial charge in [-0.15, -0.1) is 0 Å². The van der Waals surface area contributed by atoms with Crippen LogP contribution in [-0.2, 0) is 6.42 Å². The molecule has 0 atom stereocenters. The Balaban J connectivity index is 2.40. The van der Waals surface area contributed by atoms with Gasteiger partial charge in [-0.2, -0.15) is 0 Å². The second kappa shape index (κ2) is 5.89. The summed E-state index contributed by atoms with van der Waals surface area (Å²) < 4.78 is 12.8. The molecule has 0 bridgehead atoms. The third-order valence-electron chi connectivity index (χ3n) is 2.19. The Morgan fingerprint density at radius 1 is 1.53 bits per heavy atom. The first-order chi connectivity index (χ1) is 7.09. The molecule has 0 unspecified atom stereocenters. The summed E-state index contributed by atoms with van der Waals surface area (Å²) in [6.45, 7) is 6.93. The lowest BCUT2D eigenvalue weighted by Crippen LogP contribution is -2.18. The molecule has 3 heteroatoms. The number of hydrogen-bond donors (Lipinski definition) is 1. The molecule has 0 spiro atoms. The van der Waals surface area contributed by atoms with Gasteiger partial charge >= 0.3 is 0 Å². The van der Waals surface area contributed by atoms with Crippen LogP contribution in [0, 0.1) is 12.7 Å². The first-order valence-electron chi connectivity index (χ1n) is 4.88. The Labute approximate surface area is 95.0 Å². The molecular formula is C12H15ClFN. The number of rotatable bonds is 5. The van der Waals surface area contributed by atoms with Gasteiger partial charge in [0.05, 0.1) is 0 Å². The molecule has 0 aromatic heterocycles. The van der Waals surface area contributed by atoms with Crippen LogP contribution in [0.25, 0.3) is 0 Å². The molecule has 1 nitrogen and oxygen atoms in total. The molecule has 0 aliphatic carbocycles. The van der Waals surface area contributed by atoms with E-state index in [4.69, 9.17) is 11.6 Å². The summed E-state index contributed by atoms with van der Waals surface area (Å²) >= 11 is 5.61. The quantitative estimate of drug-likeness (QED) is 0.763. The highest BCUT2D eigenvalue weighted by Gasteiger charge is 1.99. The maximum Gasteiger partial charge on any atom is 0.123 e. The average Bonchev–Trinajstić information content (AvgIpc) is 2.14. The van der Waals surface area contributed by atoms with Crippen molar-refractivity contribution in [2.75, 3.05) is 13.1 Å². The second-order valence-electron chi connectivity index (χ2n) is 3.51. The summed E-state index contributed by atoms with van der Waals surface area (Å²) in [5, 5.41) is 3.75. The molecule has 0 amide bonds. The molecule has 0 aliphatic rings. The average molecular weight is 228 g/mol. The van der Waals surface area contributed by atoms with Crippen molar-refractivity contribution in [2.24, 2.45) is 0 Å². The van der Waals surface area contributed by atoms with Crippen molar-refractivity contribution in [1.29, 1.82) is 0 Å². The highest BCUT2D eigenvalue weighted by Crippen LogP contribution is 2.10. The fourth-order valence-electron chi connectivity index (χ4n) is 1.39. The predicted octanol–water partition coefficient (Wildman–Crippen LogP) is 3.02. The lowest BCUT2D eigenvalue weighted by Gasteiger charge is -2.06. The molecule has 1 rings (SSSR count). The summed E-state index contributed by atoms with van der Waals surface area (Å²) in [6, 6.07) is 4.86. The minimum Gasteiger partial charge on any atom is -0.311 e.